The summed E-state index contributed by atoms with van der Waals surface area (Å²) in [5.41, 5.74) is 0.430. The quantitative estimate of drug-likeness (QED) is 0.251. The highest BCUT2D eigenvalue weighted by Gasteiger charge is 2.25. The molecule has 0 unspecified atom stereocenters. The van der Waals surface area contributed by atoms with Crippen LogP contribution in [0.3, 0.4) is 0 Å². The van der Waals surface area contributed by atoms with E-state index in [9.17, 15) is 14.9 Å². The number of nitrogens with zero attached hydrogens (tertiary/aromatic N) is 3. The van der Waals surface area contributed by atoms with Gasteiger partial charge in [0.05, 0.1) is 32.9 Å². The van der Waals surface area contributed by atoms with E-state index in [0.717, 1.165) is 0 Å². The van der Waals surface area contributed by atoms with Gasteiger partial charge in [-0.1, -0.05) is 34.4 Å². The summed E-state index contributed by atoms with van der Waals surface area (Å²) in [6.07, 6.45) is 3.02. The van der Waals surface area contributed by atoms with Crippen LogP contribution in [-0.4, -0.2) is 21.0 Å². The molecule has 0 aliphatic carbocycles. The summed E-state index contributed by atoms with van der Waals surface area (Å²) in [6, 6.07) is 12.1. The molecule has 166 valence electrons. The third-order valence-electron chi connectivity index (χ3n) is 4.52. The number of nitro benzene ring substituents is 1. The zero-order chi connectivity index (χ0) is 23.5. The molecular formula is C22H14Cl2N4O5. The van der Waals surface area contributed by atoms with Crippen LogP contribution in [0.5, 0.6) is 11.5 Å². The highest BCUT2D eigenvalue weighted by Crippen LogP contribution is 2.37. The lowest BCUT2D eigenvalue weighted by atomic mass is 10.1. The summed E-state index contributed by atoms with van der Waals surface area (Å²) in [4.78, 5) is 27.9. The van der Waals surface area contributed by atoms with Crippen LogP contribution in [0.4, 0.5) is 11.4 Å². The maximum absolute atomic E-state index is 13.1. The Morgan fingerprint density at radius 1 is 1.12 bits per heavy atom. The van der Waals surface area contributed by atoms with E-state index in [-0.39, 0.29) is 44.2 Å². The molecule has 2 heterocycles. The second kappa shape index (κ2) is 9.27. The molecule has 0 saturated carbocycles. The molecule has 0 fully saturated rings. The topological polar surface area (TPSA) is 120 Å². The zero-order valence-corrected chi connectivity index (χ0v) is 18.4. The lowest BCUT2D eigenvalue weighted by Crippen LogP contribution is -2.14. The lowest BCUT2D eigenvalue weighted by Gasteiger charge is -2.10. The molecule has 0 atom stereocenters. The number of nitro groups is 1. The average Bonchev–Trinajstić information content (AvgIpc) is 3.15. The van der Waals surface area contributed by atoms with E-state index in [1.54, 1.807) is 43.5 Å². The van der Waals surface area contributed by atoms with Crippen LogP contribution in [0.2, 0.25) is 10.0 Å². The van der Waals surface area contributed by atoms with Crippen LogP contribution in [0.15, 0.2) is 65.4 Å². The zero-order valence-electron chi connectivity index (χ0n) is 16.9. The SMILES string of the molecule is Cc1onc(-c2c(Cl)cccc2Cl)c1C(=O)Nc1cc(Oc2cccnc2)cc([N+](=O)[O-])c1. The molecule has 4 aromatic rings. The number of rotatable bonds is 6. The first-order valence-electron chi connectivity index (χ1n) is 9.43. The van der Waals surface area contributed by atoms with E-state index < -0.39 is 10.8 Å². The number of amides is 1. The van der Waals surface area contributed by atoms with Crippen LogP contribution in [0.25, 0.3) is 11.3 Å². The molecule has 2 aromatic carbocycles. The van der Waals surface area contributed by atoms with Gasteiger partial charge in [-0.05, 0) is 31.2 Å². The number of hydrogen-bond donors (Lipinski definition) is 1. The molecule has 0 radical (unpaired) electrons. The molecule has 33 heavy (non-hydrogen) atoms. The molecule has 4 rings (SSSR count). The number of carbonyl (C=O) groups is 1. The highest BCUT2D eigenvalue weighted by molar-refractivity contribution is 6.39. The monoisotopic (exact) mass is 484 g/mol. The Bertz CT molecular complexity index is 1340. The number of pyridine rings is 1. The Morgan fingerprint density at radius 3 is 2.55 bits per heavy atom. The fourth-order valence-electron chi connectivity index (χ4n) is 3.09. The number of hydrogen-bond acceptors (Lipinski definition) is 7. The van der Waals surface area contributed by atoms with Gasteiger partial charge in [-0.3, -0.25) is 19.9 Å². The molecule has 9 nitrogen and oxygen atoms in total. The number of non-ortho nitro benzene ring substituents is 1. The summed E-state index contributed by atoms with van der Waals surface area (Å²) >= 11 is 12.5. The van der Waals surface area contributed by atoms with Gasteiger partial charge >= 0.3 is 0 Å². The minimum atomic E-state index is -0.618. The minimum absolute atomic E-state index is 0.0891. The molecule has 1 N–H and O–H groups in total. The van der Waals surface area contributed by atoms with Crippen molar-refractivity contribution >= 4 is 40.5 Å². The summed E-state index contributed by atoms with van der Waals surface area (Å²) in [5, 5.41) is 18.6. The average molecular weight is 485 g/mol. The maximum Gasteiger partial charge on any atom is 0.275 e. The third kappa shape index (κ3) is 4.79. The van der Waals surface area contributed by atoms with Gasteiger partial charge in [0.25, 0.3) is 11.6 Å². The van der Waals surface area contributed by atoms with Gasteiger partial charge in [0, 0.05) is 23.9 Å². The first-order chi connectivity index (χ1) is 15.8. The largest absolute Gasteiger partial charge is 0.455 e. The number of aromatic nitrogens is 2. The highest BCUT2D eigenvalue weighted by atomic mass is 35.5. The fourth-order valence-corrected chi connectivity index (χ4v) is 3.67. The molecule has 11 heteroatoms. The molecule has 0 saturated heterocycles. The predicted molar refractivity (Wildman–Crippen MR) is 122 cm³/mol. The molecule has 2 aromatic heterocycles. The molecule has 1 amide bonds. The summed E-state index contributed by atoms with van der Waals surface area (Å²) < 4.78 is 10.9. The van der Waals surface area contributed by atoms with Crippen molar-refractivity contribution in [3.05, 3.63) is 92.4 Å². The maximum atomic E-state index is 13.1. The van der Waals surface area contributed by atoms with E-state index in [1.807, 2.05) is 0 Å². The van der Waals surface area contributed by atoms with Crippen LogP contribution in [0.1, 0.15) is 16.1 Å². The van der Waals surface area contributed by atoms with Gasteiger partial charge in [0.1, 0.15) is 28.5 Å². The summed E-state index contributed by atoms with van der Waals surface area (Å²) in [5.74, 6) is 0.119. The first-order valence-corrected chi connectivity index (χ1v) is 10.2. The van der Waals surface area contributed by atoms with Gasteiger partial charge in [-0.15, -0.1) is 0 Å². The number of halogens is 2. The Kier molecular flexibility index (Phi) is 6.25. The number of ether oxygens (including phenoxy) is 1. The molecule has 0 bridgehead atoms. The lowest BCUT2D eigenvalue weighted by molar-refractivity contribution is -0.384. The van der Waals surface area contributed by atoms with Gasteiger partial charge in [0.2, 0.25) is 0 Å². The molecule has 0 aliphatic rings. The van der Waals surface area contributed by atoms with Crippen molar-refractivity contribution in [2.45, 2.75) is 6.92 Å². The van der Waals surface area contributed by atoms with E-state index >= 15 is 0 Å². The number of benzene rings is 2. The van der Waals surface area contributed by atoms with Gasteiger partial charge in [0.15, 0.2) is 0 Å². The first kappa shape index (κ1) is 22.3. The Balaban J connectivity index is 1.70. The smallest absolute Gasteiger partial charge is 0.275 e. The van der Waals surface area contributed by atoms with Crippen molar-refractivity contribution < 1.29 is 19.0 Å². The van der Waals surface area contributed by atoms with E-state index in [4.69, 9.17) is 32.5 Å². The predicted octanol–water partition coefficient (Wildman–Crippen LogP) is 6.30. The Labute approximate surface area is 197 Å². The van der Waals surface area contributed by atoms with Crippen molar-refractivity contribution in [1.29, 1.82) is 0 Å². The number of aryl methyl sites for hydroxylation is 1. The number of anilines is 1. The van der Waals surface area contributed by atoms with Crippen molar-refractivity contribution in [1.82, 2.24) is 10.1 Å². The second-order valence-corrected chi connectivity index (χ2v) is 7.59. The van der Waals surface area contributed by atoms with Gasteiger partial charge in [-0.2, -0.15) is 0 Å². The standard InChI is InChI=1S/C22H14Cl2N4O5/c1-12-19(21(27-33-12)20-17(23)5-2-6-18(20)24)22(29)26-13-8-14(28(30)31)10-16(9-13)32-15-4-3-7-25-11-15/h2-11H,1H3,(H,26,29). The van der Waals surface area contributed by atoms with Crippen molar-refractivity contribution in [2.75, 3.05) is 5.32 Å². The Hall–Kier alpha value is -3.95. The van der Waals surface area contributed by atoms with Crippen LogP contribution in [0, 0.1) is 17.0 Å². The van der Waals surface area contributed by atoms with Gasteiger partial charge < -0.3 is 14.6 Å². The van der Waals surface area contributed by atoms with Crippen LogP contribution >= 0.6 is 23.2 Å². The van der Waals surface area contributed by atoms with Crippen molar-refractivity contribution in [3.63, 3.8) is 0 Å². The molecule has 0 spiro atoms. The molecular weight excluding hydrogens is 471 g/mol. The molecule has 0 aliphatic heterocycles. The number of carbonyl (C=O) groups excluding carboxylic acids is 1. The number of nitrogens with one attached hydrogen (secondary N) is 1. The summed E-state index contributed by atoms with van der Waals surface area (Å²) in [6.45, 7) is 1.56. The van der Waals surface area contributed by atoms with Crippen molar-refractivity contribution in [3.8, 4) is 22.8 Å². The van der Waals surface area contributed by atoms with E-state index in [1.165, 1.54) is 24.4 Å². The van der Waals surface area contributed by atoms with Crippen LogP contribution in [-0.2, 0) is 0 Å². The third-order valence-corrected chi connectivity index (χ3v) is 5.15. The minimum Gasteiger partial charge on any atom is -0.455 e. The van der Waals surface area contributed by atoms with Crippen molar-refractivity contribution in [2.24, 2.45) is 0 Å². The summed E-state index contributed by atoms with van der Waals surface area (Å²) in [7, 11) is 0. The Morgan fingerprint density at radius 2 is 1.88 bits per heavy atom. The normalized spacial score (nSPS) is 10.6. The van der Waals surface area contributed by atoms with Gasteiger partial charge in [-0.25, -0.2) is 0 Å². The van der Waals surface area contributed by atoms with Crippen LogP contribution < -0.4 is 10.1 Å². The van der Waals surface area contributed by atoms with E-state index in [0.29, 0.717) is 11.3 Å². The second-order valence-electron chi connectivity index (χ2n) is 6.78. The van der Waals surface area contributed by atoms with E-state index in [2.05, 4.69) is 15.5 Å². The fraction of sp³-hybridized carbons (Fsp3) is 0.0455.